The van der Waals surface area contributed by atoms with Crippen molar-refractivity contribution in [2.45, 2.75) is 19.0 Å². The molecule has 1 aromatic heterocycles. The summed E-state index contributed by atoms with van der Waals surface area (Å²) in [6.07, 6.45) is 0.424. The lowest BCUT2D eigenvalue weighted by Gasteiger charge is -2.25. The van der Waals surface area contributed by atoms with Crippen molar-refractivity contribution in [2.24, 2.45) is 5.73 Å². The Bertz CT molecular complexity index is 315. The molecule has 5 nitrogen and oxygen atoms in total. The molecule has 90 valence electrons. The van der Waals surface area contributed by atoms with E-state index >= 15 is 0 Å². The first-order valence-electron chi connectivity index (χ1n) is 5.15. The Kier molecular flexibility index (Phi) is 5.37. The van der Waals surface area contributed by atoms with Crippen molar-refractivity contribution < 1.29 is 4.79 Å². The van der Waals surface area contributed by atoms with Crippen molar-refractivity contribution in [3.63, 3.8) is 0 Å². The molecule has 0 fully saturated rings. The van der Waals surface area contributed by atoms with Crippen LogP contribution in [0.1, 0.15) is 12.1 Å². The van der Waals surface area contributed by atoms with Gasteiger partial charge in [0, 0.05) is 38.0 Å². The lowest BCUT2D eigenvalue weighted by atomic mass is 10.1. The summed E-state index contributed by atoms with van der Waals surface area (Å²) in [4.78, 5) is 17.5. The first-order valence-corrected chi connectivity index (χ1v) is 6.09. The van der Waals surface area contributed by atoms with Gasteiger partial charge in [-0.3, -0.25) is 9.69 Å². The summed E-state index contributed by atoms with van der Waals surface area (Å²) in [6, 6.07) is 0.0571. The highest BCUT2D eigenvalue weighted by molar-refractivity contribution is 7.07. The van der Waals surface area contributed by atoms with Gasteiger partial charge in [-0.15, -0.1) is 11.3 Å². The van der Waals surface area contributed by atoms with Crippen LogP contribution >= 0.6 is 11.3 Å². The number of hydrogen-bond acceptors (Lipinski definition) is 5. The van der Waals surface area contributed by atoms with Crippen LogP contribution in [0.3, 0.4) is 0 Å². The molecule has 1 heterocycles. The number of aromatic nitrogens is 1. The van der Waals surface area contributed by atoms with Gasteiger partial charge in [0.05, 0.1) is 11.2 Å². The SMILES string of the molecule is CNC(=O)CC(CN)N(C)Cc1cscn1. The Labute approximate surface area is 99.7 Å². The molecule has 0 bridgehead atoms. The van der Waals surface area contributed by atoms with Gasteiger partial charge >= 0.3 is 0 Å². The number of nitrogens with two attached hydrogens (primary N) is 1. The van der Waals surface area contributed by atoms with E-state index in [4.69, 9.17) is 5.73 Å². The van der Waals surface area contributed by atoms with Crippen LogP contribution in [0.2, 0.25) is 0 Å². The molecule has 3 N–H and O–H groups in total. The second-order valence-electron chi connectivity index (χ2n) is 3.66. The van der Waals surface area contributed by atoms with Crippen molar-refractivity contribution in [3.8, 4) is 0 Å². The first-order chi connectivity index (χ1) is 7.67. The van der Waals surface area contributed by atoms with Crippen molar-refractivity contribution in [2.75, 3.05) is 20.6 Å². The van der Waals surface area contributed by atoms with Gasteiger partial charge in [0.15, 0.2) is 0 Å². The zero-order valence-corrected chi connectivity index (χ0v) is 10.5. The van der Waals surface area contributed by atoms with Crippen LogP contribution in [-0.2, 0) is 11.3 Å². The second kappa shape index (κ2) is 6.57. The van der Waals surface area contributed by atoms with Crippen molar-refractivity contribution in [3.05, 3.63) is 16.6 Å². The molecule has 0 spiro atoms. The molecule has 0 aliphatic carbocycles. The van der Waals surface area contributed by atoms with E-state index in [1.54, 1.807) is 23.9 Å². The minimum atomic E-state index is 0.0144. The fraction of sp³-hybridized carbons (Fsp3) is 0.600. The van der Waals surface area contributed by atoms with Crippen molar-refractivity contribution in [1.82, 2.24) is 15.2 Å². The number of carbonyl (C=O) groups is 1. The number of nitrogens with zero attached hydrogens (tertiary/aromatic N) is 2. The summed E-state index contributed by atoms with van der Waals surface area (Å²) in [5.41, 5.74) is 8.49. The molecule has 0 saturated heterocycles. The van der Waals surface area contributed by atoms with Gasteiger partial charge in [0.25, 0.3) is 0 Å². The predicted octanol–water partition coefficient (Wildman–Crippen LogP) is 0.0383. The van der Waals surface area contributed by atoms with Gasteiger partial charge in [0.2, 0.25) is 5.91 Å². The normalized spacial score (nSPS) is 12.8. The summed E-state index contributed by atoms with van der Waals surface area (Å²) in [5.74, 6) is 0.0144. The monoisotopic (exact) mass is 242 g/mol. The molecule has 0 saturated carbocycles. The van der Waals surface area contributed by atoms with Crippen LogP contribution in [0, 0.1) is 0 Å². The maximum atomic E-state index is 11.3. The average molecular weight is 242 g/mol. The quantitative estimate of drug-likeness (QED) is 0.739. The molecule has 0 radical (unpaired) electrons. The Morgan fingerprint density at radius 3 is 3.00 bits per heavy atom. The van der Waals surface area contributed by atoms with Gasteiger partial charge in [-0.25, -0.2) is 4.98 Å². The molecule has 1 unspecified atom stereocenters. The second-order valence-corrected chi connectivity index (χ2v) is 4.38. The number of amides is 1. The van der Waals surface area contributed by atoms with Crippen molar-refractivity contribution >= 4 is 17.2 Å². The molecule has 1 atom stereocenters. The molecule has 0 aliphatic rings. The zero-order chi connectivity index (χ0) is 12.0. The summed E-state index contributed by atoms with van der Waals surface area (Å²) >= 11 is 1.57. The Balaban J connectivity index is 2.49. The number of rotatable bonds is 6. The van der Waals surface area contributed by atoms with Crippen LogP contribution in [0.4, 0.5) is 0 Å². The molecule has 0 aliphatic heterocycles. The highest BCUT2D eigenvalue weighted by Crippen LogP contribution is 2.08. The van der Waals surface area contributed by atoms with Gasteiger partial charge in [-0.2, -0.15) is 0 Å². The summed E-state index contributed by atoms with van der Waals surface area (Å²) in [5, 5.41) is 4.61. The average Bonchev–Trinajstić information content (AvgIpc) is 2.77. The number of nitrogens with one attached hydrogen (secondary N) is 1. The minimum Gasteiger partial charge on any atom is -0.359 e. The standard InChI is InChI=1S/C10H18N4OS/c1-12-10(15)3-9(4-11)14(2)5-8-6-16-7-13-8/h6-7,9H,3-5,11H2,1-2H3,(H,12,15). The summed E-state index contributed by atoms with van der Waals surface area (Å²) < 4.78 is 0. The molecule has 16 heavy (non-hydrogen) atoms. The Hall–Kier alpha value is -0.980. The van der Waals surface area contributed by atoms with Gasteiger partial charge in [0.1, 0.15) is 0 Å². The summed E-state index contributed by atoms with van der Waals surface area (Å²) in [7, 11) is 3.59. The van der Waals surface area contributed by atoms with Crippen molar-refractivity contribution in [1.29, 1.82) is 0 Å². The largest absolute Gasteiger partial charge is 0.359 e. The number of carbonyl (C=O) groups excluding carboxylic acids is 1. The van der Waals surface area contributed by atoms with E-state index in [0.717, 1.165) is 12.2 Å². The van der Waals surface area contributed by atoms with E-state index in [2.05, 4.69) is 15.2 Å². The lowest BCUT2D eigenvalue weighted by Crippen LogP contribution is -2.41. The minimum absolute atomic E-state index is 0.0144. The van der Waals surface area contributed by atoms with E-state index in [1.165, 1.54) is 0 Å². The van der Waals surface area contributed by atoms with Crippen LogP contribution < -0.4 is 11.1 Å². The Morgan fingerprint density at radius 2 is 2.50 bits per heavy atom. The third kappa shape index (κ3) is 3.88. The fourth-order valence-electron chi connectivity index (χ4n) is 1.44. The van der Waals surface area contributed by atoms with Gasteiger partial charge < -0.3 is 11.1 Å². The third-order valence-corrected chi connectivity index (χ3v) is 3.13. The lowest BCUT2D eigenvalue weighted by molar-refractivity contribution is -0.121. The molecular formula is C10H18N4OS. The fourth-order valence-corrected chi connectivity index (χ4v) is 1.99. The van der Waals surface area contributed by atoms with Crippen LogP contribution in [0.5, 0.6) is 0 Å². The van der Waals surface area contributed by atoms with E-state index in [-0.39, 0.29) is 11.9 Å². The Morgan fingerprint density at radius 1 is 1.75 bits per heavy atom. The number of likely N-dealkylation sites (N-methyl/N-ethyl adjacent to an activating group) is 1. The topological polar surface area (TPSA) is 71.2 Å². The smallest absolute Gasteiger partial charge is 0.221 e. The van der Waals surface area contributed by atoms with Crippen LogP contribution in [-0.4, -0.2) is 42.5 Å². The predicted molar refractivity (Wildman–Crippen MR) is 65.1 cm³/mol. The zero-order valence-electron chi connectivity index (χ0n) is 9.64. The molecule has 1 aromatic rings. The third-order valence-electron chi connectivity index (χ3n) is 2.49. The van der Waals surface area contributed by atoms with E-state index in [9.17, 15) is 4.79 Å². The molecule has 1 amide bonds. The molecule has 6 heteroatoms. The first kappa shape index (κ1) is 13.1. The maximum absolute atomic E-state index is 11.3. The van der Waals surface area contributed by atoms with Crippen LogP contribution in [0.15, 0.2) is 10.9 Å². The van der Waals surface area contributed by atoms with E-state index in [1.807, 2.05) is 12.4 Å². The van der Waals surface area contributed by atoms with Crippen LogP contribution in [0.25, 0.3) is 0 Å². The summed E-state index contributed by atoms with van der Waals surface area (Å²) in [6.45, 7) is 1.19. The highest BCUT2D eigenvalue weighted by atomic mass is 32.1. The molecule has 1 rings (SSSR count). The number of hydrogen-bond donors (Lipinski definition) is 2. The van der Waals surface area contributed by atoms with Gasteiger partial charge in [-0.1, -0.05) is 0 Å². The molecule has 0 aromatic carbocycles. The van der Waals surface area contributed by atoms with Gasteiger partial charge in [-0.05, 0) is 7.05 Å². The highest BCUT2D eigenvalue weighted by Gasteiger charge is 2.17. The molecular weight excluding hydrogens is 224 g/mol. The maximum Gasteiger partial charge on any atom is 0.221 e. The van der Waals surface area contributed by atoms with E-state index < -0.39 is 0 Å². The van der Waals surface area contributed by atoms with E-state index in [0.29, 0.717) is 13.0 Å². The number of thiazole rings is 1.